The molecule has 0 radical (unpaired) electrons. The van der Waals surface area contributed by atoms with Crippen LogP contribution >= 0.6 is 0 Å². The first-order chi connectivity index (χ1) is 8.80. The third kappa shape index (κ3) is 5.52. The van der Waals surface area contributed by atoms with Crippen molar-refractivity contribution in [3.63, 3.8) is 0 Å². The van der Waals surface area contributed by atoms with Gasteiger partial charge in [0.1, 0.15) is 5.75 Å². The molecule has 18 heavy (non-hydrogen) atoms. The minimum atomic E-state index is 0.728. The minimum Gasteiger partial charge on any atom is -0.497 e. The molecule has 0 bridgehead atoms. The normalized spacial score (nSPS) is 12.4. The van der Waals surface area contributed by atoms with Gasteiger partial charge in [-0.1, -0.05) is 25.5 Å². The van der Waals surface area contributed by atoms with Crippen molar-refractivity contribution in [1.82, 2.24) is 10.6 Å². The lowest BCUT2D eigenvalue weighted by Gasteiger charge is -2.15. The molecule has 102 valence electrons. The van der Waals surface area contributed by atoms with Crippen LogP contribution in [0.3, 0.4) is 0 Å². The van der Waals surface area contributed by atoms with Crippen molar-refractivity contribution in [1.29, 1.82) is 0 Å². The van der Waals surface area contributed by atoms with Crippen LogP contribution in [0.25, 0.3) is 0 Å². The van der Waals surface area contributed by atoms with Gasteiger partial charge < -0.3 is 15.4 Å². The van der Waals surface area contributed by atoms with Gasteiger partial charge in [0.15, 0.2) is 0 Å². The lowest BCUT2D eigenvalue weighted by atomic mass is 10.1. The summed E-state index contributed by atoms with van der Waals surface area (Å²) >= 11 is 0. The van der Waals surface area contributed by atoms with Gasteiger partial charge in [0.05, 0.1) is 7.11 Å². The molecule has 1 rings (SSSR count). The standard InChI is InChI=1S/C15H26N2O/c1-4-13(11-16-2)12-17-10-9-14-5-7-15(18-3)8-6-14/h5-8,13,16-17H,4,9-12H2,1-3H3. The van der Waals surface area contributed by atoms with Gasteiger partial charge in [0.25, 0.3) is 0 Å². The van der Waals surface area contributed by atoms with E-state index in [-0.39, 0.29) is 0 Å². The van der Waals surface area contributed by atoms with E-state index in [1.807, 2.05) is 19.2 Å². The third-order valence-electron chi connectivity index (χ3n) is 3.25. The number of nitrogens with one attached hydrogen (secondary N) is 2. The average Bonchev–Trinajstić information content (AvgIpc) is 2.43. The molecule has 0 saturated carbocycles. The average molecular weight is 250 g/mol. The van der Waals surface area contributed by atoms with E-state index in [4.69, 9.17) is 4.74 Å². The summed E-state index contributed by atoms with van der Waals surface area (Å²) in [5.74, 6) is 1.65. The highest BCUT2D eigenvalue weighted by molar-refractivity contribution is 5.27. The summed E-state index contributed by atoms with van der Waals surface area (Å²) < 4.78 is 5.15. The smallest absolute Gasteiger partial charge is 0.118 e. The molecule has 2 N–H and O–H groups in total. The molecule has 3 heteroatoms. The highest BCUT2D eigenvalue weighted by Gasteiger charge is 2.03. The predicted octanol–water partition coefficient (Wildman–Crippen LogP) is 2.07. The molecule has 0 aliphatic carbocycles. The highest BCUT2D eigenvalue weighted by atomic mass is 16.5. The van der Waals surface area contributed by atoms with Crippen LogP contribution in [-0.4, -0.2) is 33.8 Å². The van der Waals surface area contributed by atoms with Crippen molar-refractivity contribution in [3.8, 4) is 5.75 Å². The second-order valence-electron chi connectivity index (χ2n) is 4.63. The summed E-state index contributed by atoms with van der Waals surface area (Å²) in [5, 5.41) is 6.76. The maximum absolute atomic E-state index is 5.15. The van der Waals surface area contributed by atoms with Crippen LogP contribution in [0.5, 0.6) is 5.75 Å². The minimum absolute atomic E-state index is 0.728. The maximum Gasteiger partial charge on any atom is 0.118 e. The molecule has 0 spiro atoms. The summed E-state index contributed by atoms with van der Waals surface area (Å²) in [4.78, 5) is 0. The maximum atomic E-state index is 5.15. The van der Waals surface area contributed by atoms with E-state index in [2.05, 4.69) is 29.7 Å². The second-order valence-corrected chi connectivity index (χ2v) is 4.63. The van der Waals surface area contributed by atoms with Crippen LogP contribution in [0.4, 0.5) is 0 Å². The zero-order valence-electron chi connectivity index (χ0n) is 11.8. The molecule has 3 nitrogen and oxygen atoms in total. The van der Waals surface area contributed by atoms with E-state index in [1.54, 1.807) is 7.11 Å². The van der Waals surface area contributed by atoms with Gasteiger partial charge in [-0.3, -0.25) is 0 Å². The Balaban J connectivity index is 2.20. The summed E-state index contributed by atoms with van der Waals surface area (Å²) in [7, 11) is 3.71. The molecule has 1 unspecified atom stereocenters. The van der Waals surface area contributed by atoms with Crippen LogP contribution in [-0.2, 0) is 6.42 Å². The first-order valence-corrected chi connectivity index (χ1v) is 6.78. The van der Waals surface area contributed by atoms with Gasteiger partial charge in [0.2, 0.25) is 0 Å². The Morgan fingerprint density at radius 2 is 1.89 bits per heavy atom. The van der Waals surface area contributed by atoms with E-state index in [1.165, 1.54) is 12.0 Å². The van der Waals surface area contributed by atoms with Crippen LogP contribution in [0.1, 0.15) is 18.9 Å². The van der Waals surface area contributed by atoms with Crippen molar-refractivity contribution in [2.75, 3.05) is 33.8 Å². The van der Waals surface area contributed by atoms with E-state index in [9.17, 15) is 0 Å². The Labute approximate surface area is 111 Å². The molecule has 0 aliphatic rings. The lowest BCUT2D eigenvalue weighted by Crippen LogP contribution is -2.30. The first-order valence-electron chi connectivity index (χ1n) is 6.78. The van der Waals surface area contributed by atoms with Gasteiger partial charge >= 0.3 is 0 Å². The summed E-state index contributed by atoms with van der Waals surface area (Å²) in [6.07, 6.45) is 2.29. The quantitative estimate of drug-likeness (QED) is 0.658. The summed E-state index contributed by atoms with van der Waals surface area (Å²) in [5.41, 5.74) is 1.35. The summed E-state index contributed by atoms with van der Waals surface area (Å²) in [6.45, 7) is 5.46. The van der Waals surface area contributed by atoms with Crippen molar-refractivity contribution in [2.45, 2.75) is 19.8 Å². The van der Waals surface area contributed by atoms with Gasteiger partial charge in [-0.2, -0.15) is 0 Å². The molecule has 0 saturated heterocycles. The molecule has 1 atom stereocenters. The summed E-state index contributed by atoms with van der Waals surface area (Å²) in [6, 6.07) is 8.30. The molecule has 0 fully saturated rings. The van der Waals surface area contributed by atoms with Crippen LogP contribution in [0.15, 0.2) is 24.3 Å². The van der Waals surface area contributed by atoms with Crippen LogP contribution in [0, 0.1) is 5.92 Å². The number of hydrogen-bond donors (Lipinski definition) is 2. The van der Waals surface area contributed by atoms with Crippen molar-refractivity contribution in [3.05, 3.63) is 29.8 Å². The molecule has 1 aromatic carbocycles. The number of methoxy groups -OCH3 is 1. The van der Waals surface area contributed by atoms with E-state index < -0.39 is 0 Å². The Morgan fingerprint density at radius 3 is 2.44 bits per heavy atom. The molecule has 0 aromatic heterocycles. The van der Waals surface area contributed by atoms with Crippen molar-refractivity contribution < 1.29 is 4.74 Å². The number of hydrogen-bond acceptors (Lipinski definition) is 3. The van der Waals surface area contributed by atoms with Gasteiger partial charge in [-0.05, 0) is 56.7 Å². The fourth-order valence-corrected chi connectivity index (χ4v) is 1.98. The Kier molecular flexibility index (Phi) is 7.46. The predicted molar refractivity (Wildman–Crippen MR) is 77.3 cm³/mol. The Hall–Kier alpha value is -1.06. The van der Waals surface area contributed by atoms with Gasteiger partial charge in [-0.25, -0.2) is 0 Å². The third-order valence-corrected chi connectivity index (χ3v) is 3.25. The SMILES string of the molecule is CCC(CNC)CNCCc1ccc(OC)cc1. The zero-order chi connectivity index (χ0) is 13.2. The molecular weight excluding hydrogens is 224 g/mol. The lowest BCUT2D eigenvalue weighted by molar-refractivity contribution is 0.414. The number of benzene rings is 1. The molecular formula is C15H26N2O. The number of ether oxygens (including phenoxy) is 1. The van der Waals surface area contributed by atoms with Crippen molar-refractivity contribution in [2.24, 2.45) is 5.92 Å². The van der Waals surface area contributed by atoms with Crippen LogP contribution in [0.2, 0.25) is 0 Å². The second kappa shape index (κ2) is 8.95. The van der Waals surface area contributed by atoms with E-state index in [0.29, 0.717) is 0 Å². The zero-order valence-corrected chi connectivity index (χ0v) is 11.8. The Morgan fingerprint density at radius 1 is 1.17 bits per heavy atom. The van der Waals surface area contributed by atoms with Gasteiger partial charge in [-0.15, -0.1) is 0 Å². The first kappa shape index (κ1) is 15.0. The van der Waals surface area contributed by atoms with Crippen LogP contribution < -0.4 is 15.4 Å². The molecule has 0 amide bonds. The molecule has 0 aliphatic heterocycles. The largest absolute Gasteiger partial charge is 0.497 e. The van der Waals surface area contributed by atoms with E-state index >= 15 is 0 Å². The molecule has 0 heterocycles. The van der Waals surface area contributed by atoms with Gasteiger partial charge in [0, 0.05) is 0 Å². The monoisotopic (exact) mass is 250 g/mol. The topological polar surface area (TPSA) is 33.3 Å². The van der Waals surface area contributed by atoms with E-state index in [0.717, 1.165) is 37.7 Å². The van der Waals surface area contributed by atoms with Crippen molar-refractivity contribution >= 4 is 0 Å². The fourth-order valence-electron chi connectivity index (χ4n) is 1.98. The number of rotatable bonds is 9. The molecule has 1 aromatic rings. The highest BCUT2D eigenvalue weighted by Crippen LogP contribution is 2.11. The fraction of sp³-hybridized carbons (Fsp3) is 0.600. The Bertz CT molecular complexity index is 311.